The minimum Gasteiger partial charge on any atom is -0.207 e. The van der Waals surface area contributed by atoms with Crippen LogP contribution < -0.4 is 0 Å². The highest BCUT2D eigenvalue weighted by Crippen LogP contribution is 2.27. The molecule has 5 heteroatoms. The van der Waals surface area contributed by atoms with Gasteiger partial charge >= 0.3 is 0 Å². The summed E-state index contributed by atoms with van der Waals surface area (Å²) in [6.45, 7) is 7.97. The van der Waals surface area contributed by atoms with Crippen molar-refractivity contribution in [3.05, 3.63) is 29.3 Å². The molecule has 1 atom stereocenters. The minimum atomic E-state index is -3.46. The Balaban J connectivity index is 3.11. The Hall–Kier alpha value is -0.580. The number of sulfonamides is 1. The molecular formula is C13H20ClNO2S. The second kappa shape index (κ2) is 5.19. The molecule has 0 saturated carbocycles. The smallest absolute Gasteiger partial charge is 0.207 e. The summed E-state index contributed by atoms with van der Waals surface area (Å²) in [6, 6.07) is 6.14. The predicted molar refractivity (Wildman–Crippen MR) is 75.3 cm³/mol. The average molecular weight is 290 g/mol. The maximum absolute atomic E-state index is 12.4. The van der Waals surface area contributed by atoms with E-state index >= 15 is 0 Å². The zero-order valence-corrected chi connectivity index (χ0v) is 13.0. The highest BCUT2D eigenvalue weighted by molar-refractivity contribution is 7.89. The van der Waals surface area contributed by atoms with Gasteiger partial charge in [0.1, 0.15) is 0 Å². The molecule has 0 amide bonds. The summed E-state index contributed by atoms with van der Waals surface area (Å²) in [7, 11) is -1.85. The molecule has 0 aromatic heterocycles. The lowest BCUT2D eigenvalue weighted by Crippen LogP contribution is -2.42. The van der Waals surface area contributed by atoms with E-state index in [0.29, 0.717) is 5.02 Å². The number of halogens is 1. The molecular weight excluding hydrogens is 270 g/mol. The molecule has 1 rings (SSSR count). The van der Waals surface area contributed by atoms with Crippen LogP contribution in [0.3, 0.4) is 0 Å². The van der Waals surface area contributed by atoms with Crippen molar-refractivity contribution in [1.29, 1.82) is 0 Å². The molecule has 0 aliphatic heterocycles. The molecule has 0 bridgehead atoms. The number of rotatable bonds is 3. The first-order chi connectivity index (χ1) is 8.06. The second-order valence-electron chi connectivity index (χ2n) is 5.52. The highest BCUT2D eigenvalue weighted by Gasteiger charge is 2.32. The molecule has 0 radical (unpaired) electrons. The summed E-state index contributed by atoms with van der Waals surface area (Å²) >= 11 is 5.77. The van der Waals surface area contributed by atoms with Crippen LogP contribution in [0.5, 0.6) is 0 Å². The first kappa shape index (κ1) is 15.5. The Bertz CT molecular complexity index is 503. The molecule has 0 heterocycles. The van der Waals surface area contributed by atoms with E-state index in [1.54, 1.807) is 19.2 Å². The third-order valence-corrected chi connectivity index (χ3v) is 5.48. The van der Waals surface area contributed by atoms with Crippen LogP contribution in [0.2, 0.25) is 5.02 Å². The Labute approximate surface area is 115 Å². The standard InChI is InChI=1S/C13H20ClNO2S/c1-10(13(2,3)4)15(5)18(16,17)12-8-6-11(14)7-9-12/h6-10H,1-5H3/t10-/m0/s1. The average Bonchev–Trinajstić information content (AvgIpc) is 2.26. The fourth-order valence-electron chi connectivity index (χ4n) is 1.53. The summed E-state index contributed by atoms with van der Waals surface area (Å²) in [5.41, 5.74) is -0.117. The van der Waals surface area contributed by atoms with E-state index in [4.69, 9.17) is 11.6 Å². The lowest BCUT2D eigenvalue weighted by molar-refractivity contribution is 0.216. The van der Waals surface area contributed by atoms with Crippen molar-refractivity contribution < 1.29 is 8.42 Å². The first-order valence-corrected chi connectivity index (χ1v) is 7.62. The van der Waals surface area contributed by atoms with Crippen LogP contribution in [-0.2, 0) is 10.0 Å². The van der Waals surface area contributed by atoms with Crippen LogP contribution in [0.15, 0.2) is 29.2 Å². The van der Waals surface area contributed by atoms with Crippen molar-refractivity contribution in [2.24, 2.45) is 5.41 Å². The third kappa shape index (κ3) is 3.25. The first-order valence-electron chi connectivity index (χ1n) is 5.80. The maximum atomic E-state index is 12.4. The Morgan fingerprint density at radius 1 is 1.17 bits per heavy atom. The molecule has 102 valence electrons. The van der Waals surface area contributed by atoms with Crippen LogP contribution >= 0.6 is 11.6 Å². The summed E-state index contributed by atoms with van der Waals surface area (Å²) in [5.74, 6) is 0. The van der Waals surface area contributed by atoms with Gasteiger partial charge in [0.15, 0.2) is 0 Å². The Morgan fingerprint density at radius 3 is 2.00 bits per heavy atom. The van der Waals surface area contributed by atoms with Gasteiger partial charge in [-0.3, -0.25) is 0 Å². The van der Waals surface area contributed by atoms with Gasteiger partial charge in [0, 0.05) is 18.1 Å². The normalized spacial score (nSPS) is 14.8. The third-order valence-electron chi connectivity index (χ3n) is 3.29. The van der Waals surface area contributed by atoms with Crippen molar-refractivity contribution in [2.75, 3.05) is 7.05 Å². The number of hydrogen-bond donors (Lipinski definition) is 0. The van der Waals surface area contributed by atoms with E-state index < -0.39 is 10.0 Å². The van der Waals surface area contributed by atoms with E-state index in [1.165, 1.54) is 16.4 Å². The maximum Gasteiger partial charge on any atom is 0.243 e. The molecule has 0 fully saturated rings. The van der Waals surface area contributed by atoms with Crippen LogP contribution in [0.4, 0.5) is 0 Å². The molecule has 0 unspecified atom stereocenters. The monoisotopic (exact) mass is 289 g/mol. The summed E-state index contributed by atoms with van der Waals surface area (Å²) in [4.78, 5) is 0.269. The number of benzene rings is 1. The summed E-state index contributed by atoms with van der Waals surface area (Å²) in [6.07, 6.45) is 0. The molecule has 0 N–H and O–H groups in total. The van der Waals surface area contributed by atoms with Crippen LogP contribution in [-0.4, -0.2) is 25.8 Å². The van der Waals surface area contributed by atoms with Crippen LogP contribution in [0.1, 0.15) is 27.7 Å². The van der Waals surface area contributed by atoms with Crippen molar-refractivity contribution in [2.45, 2.75) is 38.6 Å². The van der Waals surface area contributed by atoms with Gasteiger partial charge < -0.3 is 0 Å². The van der Waals surface area contributed by atoms with E-state index in [0.717, 1.165) is 0 Å². The lowest BCUT2D eigenvalue weighted by atomic mass is 9.88. The largest absolute Gasteiger partial charge is 0.243 e. The van der Waals surface area contributed by atoms with Gasteiger partial charge in [0.05, 0.1) is 4.90 Å². The molecule has 0 aliphatic rings. The van der Waals surface area contributed by atoms with Crippen LogP contribution in [0.25, 0.3) is 0 Å². The molecule has 18 heavy (non-hydrogen) atoms. The fraction of sp³-hybridized carbons (Fsp3) is 0.538. The van der Waals surface area contributed by atoms with Crippen molar-refractivity contribution in [3.8, 4) is 0 Å². The van der Waals surface area contributed by atoms with Crippen molar-refractivity contribution in [3.63, 3.8) is 0 Å². The molecule has 1 aromatic carbocycles. The SMILES string of the molecule is C[C@H](N(C)S(=O)(=O)c1ccc(Cl)cc1)C(C)(C)C. The zero-order chi connectivity index (χ0) is 14.1. The number of nitrogens with zero attached hydrogens (tertiary/aromatic N) is 1. The number of hydrogen-bond acceptors (Lipinski definition) is 2. The van der Waals surface area contributed by atoms with E-state index in [2.05, 4.69) is 0 Å². The topological polar surface area (TPSA) is 37.4 Å². The Morgan fingerprint density at radius 2 is 1.61 bits per heavy atom. The van der Waals surface area contributed by atoms with E-state index in [-0.39, 0.29) is 16.4 Å². The molecule has 0 saturated heterocycles. The quantitative estimate of drug-likeness (QED) is 0.855. The van der Waals surface area contributed by atoms with Gasteiger partial charge in [0.25, 0.3) is 0 Å². The Kier molecular flexibility index (Phi) is 4.47. The molecule has 1 aromatic rings. The predicted octanol–water partition coefficient (Wildman–Crippen LogP) is 3.40. The molecule has 3 nitrogen and oxygen atoms in total. The van der Waals surface area contributed by atoms with Gasteiger partial charge in [0.2, 0.25) is 10.0 Å². The second-order valence-corrected chi connectivity index (χ2v) is 7.95. The van der Waals surface area contributed by atoms with E-state index in [9.17, 15) is 8.42 Å². The minimum absolute atomic E-state index is 0.0989. The van der Waals surface area contributed by atoms with Gasteiger partial charge in [-0.2, -0.15) is 4.31 Å². The lowest BCUT2D eigenvalue weighted by Gasteiger charge is -2.34. The summed E-state index contributed by atoms with van der Waals surface area (Å²) in [5, 5.41) is 0.528. The van der Waals surface area contributed by atoms with Crippen LogP contribution in [0, 0.1) is 5.41 Å². The van der Waals surface area contributed by atoms with E-state index in [1.807, 2.05) is 27.7 Å². The molecule has 0 aliphatic carbocycles. The zero-order valence-electron chi connectivity index (χ0n) is 11.4. The molecule has 0 spiro atoms. The fourth-order valence-corrected chi connectivity index (χ4v) is 3.20. The van der Waals surface area contributed by atoms with Gasteiger partial charge in [-0.15, -0.1) is 0 Å². The van der Waals surface area contributed by atoms with Gasteiger partial charge in [-0.05, 0) is 36.6 Å². The van der Waals surface area contributed by atoms with Crippen molar-refractivity contribution in [1.82, 2.24) is 4.31 Å². The van der Waals surface area contributed by atoms with Gasteiger partial charge in [-0.1, -0.05) is 32.4 Å². The van der Waals surface area contributed by atoms with Crippen molar-refractivity contribution >= 4 is 21.6 Å². The highest BCUT2D eigenvalue weighted by atomic mass is 35.5. The summed E-state index contributed by atoms with van der Waals surface area (Å²) < 4.78 is 26.2. The van der Waals surface area contributed by atoms with Gasteiger partial charge in [-0.25, -0.2) is 8.42 Å².